The summed E-state index contributed by atoms with van der Waals surface area (Å²) in [5.41, 5.74) is 1.34. The standard InChI is InChI=1S/C18H17Cl2NO5/c1-4-25-18(24)15-10(3)21-9(2)14(15)13(22)8-26-17(23)11-6-5-7-12(19)16(11)20/h5-7,21H,4,8H2,1-3H3. The van der Waals surface area contributed by atoms with Crippen LogP contribution < -0.4 is 0 Å². The monoisotopic (exact) mass is 397 g/mol. The van der Waals surface area contributed by atoms with Crippen molar-refractivity contribution in [2.24, 2.45) is 0 Å². The van der Waals surface area contributed by atoms with Crippen LogP contribution in [0.15, 0.2) is 18.2 Å². The van der Waals surface area contributed by atoms with E-state index in [2.05, 4.69) is 4.98 Å². The Kier molecular flexibility index (Phi) is 6.45. The van der Waals surface area contributed by atoms with Gasteiger partial charge in [-0.2, -0.15) is 0 Å². The maximum atomic E-state index is 12.5. The second-order valence-electron chi connectivity index (χ2n) is 5.45. The smallest absolute Gasteiger partial charge is 0.340 e. The third kappa shape index (κ3) is 4.08. The van der Waals surface area contributed by atoms with E-state index in [0.717, 1.165) is 0 Å². The van der Waals surface area contributed by atoms with Gasteiger partial charge in [-0.15, -0.1) is 0 Å². The zero-order valence-corrected chi connectivity index (χ0v) is 16.0. The van der Waals surface area contributed by atoms with Gasteiger partial charge in [-0.25, -0.2) is 9.59 Å². The molecule has 0 fully saturated rings. The van der Waals surface area contributed by atoms with Crippen LogP contribution >= 0.6 is 23.2 Å². The molecule has 2 aromatic rings. The van der Waals surface area contributed by atoms with Gasteiger partial charge in [-0.3, -0.25) is 4.79 Å². The number of esters is 2. The third-order valence-electron chi connectivity index (χ3n) is 3.64. The van der Waals surface area contributed by atoms with Gasteiger partial charge in [0.1, 0.15) is 0 Å². The first-order valence-electron chi connectivity index (χ1n) is 7.78. The van der Waals surface area contributed by atoms with Crippen LogP contribution in [0.5, 0.6) is 0 Å². The first-order valence-corrected chi connectivity index (χ1v) is 8.54. The van der Waals surface area contributed by atoms with Crippen molar-refractivity contribution < 1.29 is 23.9 Å². The summed E-state index contributed by atoms with van der Waals surface area (Å²) in [7, 11) is 0. The van der Waals surface area contributed by atoms with E-state index in [1.165, 1.54) is 12.1 Å². The normalized spacial score (nSPS) is 10.5. The topological polar surface area (TPSA) is 85.5 Å². The highest BCUT2D eigenvalue weighted by Crippen LogP contribution is 2.26. The molecular formula is C18H17Cl2NO5. The van der Waals surface area contributed by atoms with E-state index in [4.69, 9.17) is 32.7 Å². The molecular weight excluding hydrogens is 381 g/mol. The molecule has 0 saturated carbocycles. The number of aromatic amines is 1. The van der Waals surface area contributed by atoms with Gasteiger partial charge in [0.05, 0.1) is 33.3 Å². The number of benzene rings is 1. The van der Waals surface area contributed by atoms with Crippen LogP contribution in [0.3, 0.4) is 0 Å². The minimum absolute atomic E-state index is 0.0486. The molecule has 0 saturated heterocycles. The van der Waals surface area contributed by atoms with Gasteiger partial charge in [-0.1, -0.05) is 29.3 Å². The zero-order valence-electron chi connectivity index (χ0n) is 14.4. The molecule has 1 N–H and O–H groups in total. The van der Waals surface area contributed by atoms with Crippen molar-refractivity contribution in [2.75, 3.05) is 13.2 Å². The molecule has 0 bridgehead atoms. The summed E-state index contributed by atoms with van der Waals surface area (Å²) >= 11 is 11.8. The number of Topliss-reactive ketones (excluding diaryl/α,β-unsaturated/α-hetero) is 1. The number of hydrogen-bond donors (Lipinski definition) is 1. The number of nitrogens with one attached hydrogen (secondary N) is 1. The van der Waals surface area contributed by atoms with Crippen LogP contribution in [0.1, 0.15) is 49.4 Å². The molecule has 0 amide bonds. The Bertz CT molecular complexity index is 873. The van der Waals surface area contributed by atoms with Gasteiger partial charge in [0.25, 0.3) is 0 Å². The molecule has 6 nitrogen and oxygen atoms in total. The quantitative estimate of drug-likeness (QED) is 0.584. The van der Waals surface area contributed by atoms with E-state index in [1.807, 2.05) is 0 Å². The first kappa shape index (κ1) is 20.0. The first-order chi connectivity index (χ1) is 12.3. The molecule has 0 aliphatic heterocycles. The number of aromatic nitrogens is 1. The van der Waals surface area contributed by atoms with Gasteiger partial charge in [0.2, 0.25) is 5.78 Å². The van der Waals surface area contributed by atoms with Crippen LogP contribution in [0.25, 0.3) is 0 Å². The number of carbonyl (C=O) groups is 3. The number of H-pyrrole nitrogens is 1. The number of rotatable bonds is 6. The second-order valence-corrected chi connectivity index (χ2v) is 6.23. The van der Waals surface area contributed by atoms with Crippen molar-refractivity contribution in [3.8, 4) is 0 Å². The lowest BCUT2D eigenvalue weighted by atomic mass is 10.1. The lowest BCUT2D eigenvalue weighted by molar-refractivity contribution is 0.0472. The Morgan fingerprint density at radius 2 is 1.65 bits per heavy atom. The Hall–Kier alpha value is -2.31. The van der Waals surface area contributed by atoms with Gasteiger partial charge in [0, 0.05) is 11.4 Å². The van der Waals surface area contributed by atoms with E-state index < -0.39 is 24.3 Å². The fourth-order valence-corrected chi connectivity index (χ4v) is 2.91. The second kappa shape index (κ2) is 8.38. The predicted octanol–water partition coefficient (Wildman–Crippen LogP) is 4.15. The van der Waals surface area contributed by atoms with E-state index in [0.29, 0.717) is 11.4 Å². The van der Waals surface area contributed by atoms with Crippen molar-refractivity contribution >= 4 is 40.9 Å². The molecule has 1 heterocycles. The minimum atomic E-state index is -0.784. The SMILES string of the molecule is CCOC(=O)c1c(C)[nH]c(C)c1C(=O)COC(=O)c1cccc(Cl)c1Cl. The molecule has 8 heteroatoms. The number of ketones is 1. The molecule has 0 aliphatic rings. The highest BCUT2D eigenvalue weighted by Gasteiger charge is 2.26. The van der Waals surface area contributed by atoms with Crippen molar-refractivity contribution in [1.29, 1.82) is 0 Å². The van der Waals surface area contributed by atoms with E-state index in [1.54, 1.807) is 26.8 Å². The van der Waals surface area contributed by atoms with E-state index in [-0.39, 0.29) is 33.3 Å². The fourth-order valence-electron chi connectivity index (χ4n) is 2.53. The maximum absolute atomic E-state index is 12.5. The van der Waals surface area contributed by atoms with Crippen molar-refractivity contribution in [3.05, 3.63) is 56.3 Å². The molecule has 0 spiro atoms. The van der Waals surface area contributed by atoms with Gasteiger partial charge < -0.3 is 14.5 Å². The Balaban J connectivity index is 2.19. The van der Waals surface area contributed by atoms with Gasteiger partial charge in [-0.05, 0) is 32.9 Å². The molecule has 0 atom stereocenters. The summed E-state index contributed by atoms with van der Waals surface area (Å²) in [6, 6.07) is 4.52. The summed E-state index contributed by atoms with van der Waals surface area (Å²) in [5, 5.41) is 0.252. The van der Waals surface area contributed by atoms with Crippen LogP contribution in [0, 0.1) is 13.8 Å². The summed E-state index contributed by atoms with van der Waals surface area (Å²) in [4.78, 5) is 39.7. The summed E-state index contributed by atoms with van der Waals surface area (Å²) in [6.07, 6.45) is 0. The van der Waals surface area contributed by atoms with Crippen molar-refractivity contribution in [2.45, 2.75) is 20.8 Å². The average molecular weight is 398 g/mol. The van der Waals surface area contributed by atoms with Crippen LogP contribution in [0.4, 0.5) is 0 Å². The Morgan fingerprint density at radius 3 is 2.31 bits per heavy atom. The molecule has 26 heavy (non-hydrogen) atoms. The maximum Gasteiger partial charge on any atom is 0.340 e. The number of carbonyl (C=O) groups excluding carboxylic acids is 3. The highest BCUT2D eigenvalue weighted by molar-refractivity contribution is 6.43. The Labute approximate surface area is 160 Å². The minimum Gasteiger partial charge on any atom is -0.462 e. The van der Waals surface area contributed by atoms with Crippen molar-refractivity contribution in [3.63, 3.8) is 0 Å². The summed E-state index contributed by atoms with van der Waals surface area (Å²) < 4.78 is 10.0. The molecule has 0 unspecified atom stereocenters. The molecule has 0 aliphatic carbocycles. The zero-order chi connectivity index (χ0) is 19.4. The molecule has 1 aromatic carbocycles. The lowest BCUT2D eigenvalue weighted by Crippen LogP contribution is -2.18. The highest BCUT2D eigenvalue weighted by atomic mass is 35.5. The number of hydrogen-bond acceptors (Lipinski definition) is 5. The van der Waals surface area contributed by atoms with Gasteiger partial charge >= 0.3 is 11.9 Å². The summed E-state index contributed by atoms with van der Waals surface area (Å²) in [5.74, 6) is -1.92. The molecule has 1 aromatic heterocycles. The number of ether oxygens (including phenoxy) is 2. The summed E-state index contributed by atoms with van der Waals surface area (Å²) in [6.45, 7) is 4.61. The van der Waals surface area contributed by atoms with Crippen LogP contribution in [-0.2, 0) is 9.47 Å². The van der Waals surface area contributed by atoms with E-state index in [9.17, 15) is 14.4 Å². The van der Waals surface area contributed by atoms with Crippen LogP contribution in [-0.4, -0.2) is 35.9 Å². The fraction of sp³-hybridized carbons (Fsp3) is 0.278. The Morgan fingerprint density at radius 1 is 1.00 bits per heavy atom. The molecule has 0 radical (unpaired) electrons. The van der Waals surface area contributed by atoms with Gasteiger partial charge in [0.15, 0.2) is 6.61 Å². The van der Waals surface area contributed by atoms with E-state index >= 15 is 0 Å². The number of aryl methyl sites for hydroxylation is 2. The molecule has 138 valence electrons. The predicted molar refractivity (Wildman–Crippen MR) is 97.3 cm³/mol. The van der Waals surface area contributed by atoms with Crippen LogP contribution in [0.2, 0.25) is 10.0 Å². The third-order valence-corrected chi connectivity index (χ3v) is 4.46. The number of halogens is 2. The van der Waals surface area contributed by atoms with Crippen molar-refractivity contribution in [1.82, 2.24) is 4.98 Å². The average Bonchev–Trinajstić information content (AvgIpc) is 2.89. The lowest BCUT2D eigenvalue weighted by Gasteiger charge is -2.08. The molecule has 2 rings (SSSR count). The largest absolute Gasteiger partial charge is 0.462 e.